The van der Waals surface area contributed by atoms with Gasteiger partial charge in [-0.25, -0.2) is 22.9 Å². The Morgan fingerprint density at radius 3 is 2.62 bits per heavy atom. The molecule has 1 aliphatic heterocycles. The number of fused-ring (bicyclic) bond motifs is 1. The van der Waals surface area contributed by atoms with Crippen molar-refractivity contribution in [2.45, 2.75) is 12.5 Å². The molecule has 8 heteroatoms. The third-order valence-corrected chi connectivity index (χ3v) is 4.81. The van der Waals surface area contributed by atoms with Crippen LogP contribution in [0.1, 0.15) is 16.1 Å². The molecule has 0 amide bonds. The number of benzene rings is 1. The van der Waals surface area contributed by atoms with Crippen molar-refractivity contribution in [1.82, 2.24) is 9.55 Å². The van der Waals surface area contributed by atoms with Crippen molar-refractivity contribution >= 4 is 11.7 Å². The van der Waals surface area contributed by atoms with Crippen LogP contribution in [0.5, 0.6) is 0 Å². The van der Waals surface area contributed by atoms with Gasteiger partial charge in [-0.05, 0) is 12.1 Å². The molecule has 5 nitrogen and oxygen atoms in total. The van der Waals surface area contributed by atoms with E-state index in [4.69, 9.17) is 5.11 Å². The fourth-order valence-corrected chi connectivity index (χ4v) is 3.33. The van der Waals surface area contributed by atoms with Crippen molar-refractivity contribution in [3.05, 3.63) is 47.8 Å². The Kier molecular flexibility index (Phi) is 3.13. The summed E-state index contributed by atoms with van der Waals surface area (Å²) in [6, 6.07) is 4.64. The van der Waals surface area contributed by atoms with E-state index in [1.807, 2.05) is 0 Å². The van der Waals surface area contributed by atoms with Gasteiger partial charge in [-0.1, -0.05) is 6.07 Å². The maximum Gasteiger partial charge on any atom is 0.356 e. The lowest BCUT2D eigenvalue weighted by Gasteiger charge is -2.22. The molecule has 0 spiro atoms. The number of carbonyl (C=O) groups is 1. The van der Waals surface area contributed by atoms with Gasteiger partial charge in [0.1, 0.15) is 5.82 Å². The van der Waals surface area contributed by atoms with Crippen LogP contribution in [0.2, 0.25) is 0 Å². The third kappa shape index (κ3) is 2.33. The smallest absolute Gasteiger partial charge is 0.356 e. The number of nitrogens with zero attached hydrogens (tertiary/aromatic N) is 3. The molecule has 2 aliphatic rings. The molecule has 1 aliphatic carbocycles. The maximum atomic E-state index is 14.3. The minimum Gasteiger partial charge on any atom is -0.476 e. The summed E-state index contributed by atoms with van der Waals surface area (Å²) in [4.78, 5) is 16.3. The summed E-state index contributed by atoms with van der Waals surface area (Å²) in [5.41, 5.74) is 0.864. The Balaban J connectivity index is 1.47. The first-order chi connectivity index (χ1) is 11.4. The molecule has 2 atom stereocenters. The minimum absolute atomic E-state index is 0.107. The third-order valence-electron chi connectivity index (χ3n) is 4.81. The minimum atomic E-state index is -2.56. The SMILES string of the molecule is O=C(O)c1cn(Cc2ccc(N3CC4C(C3)C4(F)F)cc2F)cn1. The van der Waals surface area contributed by atoms with Crippen LogP contribution in [-0.4, -0.2) is 39.6 Å². The molecule has 126 valence electrons. The van der Waals surface area contributed by atoms with Crippen LogP contribution < -0.4 is 4.90 Å². The van der Waals surface area contributed by atoms with Crippen molar-refractivity contribution in [2.75, 3.05) is 18.0 Å². The number of hydrogen-bond acceptors (Lipinski definition) is 3. The Morgan fingerprint density at radius 2 is 2.04 bits per heavy atom. The quantitative estimate of drug-likeness (QED) is 0.931. The van der Waals surface area contributed by atoms with E-state index < -0.39 is 29.5 Å². The van der Waals surface area contributed by atoms with E-state index in [1.165, 1.54) is 23.2 Å². The summed E-state index contributed by atoms with van der Waals surface area (Å²) >= 11 is 0. The maximum absolute atomic E-state index is 14.3. The first kappa shape index (κ1) is 15.0. The van der Waals surface area contributed by atoms with Gasteiger partial charge in [0.15, 0.2) is 5.69 Å². The van der Waals surface area contributed by atoms with E-state index in [-0.39, 0.29) is 25.3 Å². The number of piperidine rings is 1. The predicted octanol–water partition coefficient (Wildman–Crippen LogP) is 2.47. The van der Waals surface area contributed by atoms with Gasteiger partial charge in [-0.15, -0.1) is 0 Å². The van der Waals surface area contributed by atoms with Crippen LogP contribution in [0.4, 0.5) is 18.9 Å². The number of alkyl halides is 2. The number of imidazole rings is 1. The van der Waals surface area contributed by atoms with Crippen LogP contribution in [0.15, 0.2) is 30.7 Å². The standard InChI is InChI=1S/C16H14F3N3O2/c17-13-3-10(22-5-11-12(6-22)16(11,18)19)2-1-9(13)4-21-7-14(15(23)24)20-8-21/h1-3,7-8,11-12H,4-6H2,(H,23,24). The highest BCUT2D eigenvalue weighted by molar-refractivity contribution is 5.84. The molecule has 2 heterocycles. The van der Waals surface area contributed by atoms with E-state index in [2.05, 4.69) is 4.98 Å². The molecule has 1 saturated heterocycles. The van der Waals surface area contributed by atoms with Crippen LogP contribution in [0.3, 0.4) is 0 Å². The number of halogens is 3. The summed E-state index contributed by atoms with van der Waals surface area (Å²) in [5, 5.41) is 8.83. The van der Waals surface area contributed by atoms with E-state index in [9.17, 15) is 18.0 Å². The molecule has 2 unspecified atom stereocenters. The number of rotatable bonds is 4. The predicted molar refractivity (Wildman–Crippen MR) is 78.8 cm³/mol. The van der Waals surface area contributed by atoms with E-state index in [0.717, 1.165) is 0 Å². The molecule has 24 heavy (non-hydrogen) atoms. The van der Waals surface area contributed by atoms with E-state index in [1.54, 1.807) is 17.0 Å². The van der Waals surface area contributed by atoms with Crippen molar-refractivity contribution in [3.63, 3.8) is 0 Å². The van der Waals surface area contributed by atoms with Gasteiger partial charge in [-0.2, -0.15) is 0 Å². The Hall–Kier alpha value is -2.51. The summed E-state index contributed by atoms with van der Waals surface area (Å²) in [7, 11) is 0. The van der Waals surface area contributed by atoms with Crippen LogP contribution in [-0.2, 0) is 6.54 Å². The van der Waals surface area contributed by atoms with Gasteiger partial charge in [0.25, 0.3) is 5.92 Å². The molecule has 4 rings (SSSR count). The fraction of sp³-hybridized carbons (Fsp3) is 0.375. The second-order valence-electron chi connectivity index (χ2n) is 6.30. The summed E-state index contributed by atoms with van der Waals surface area (Å²) < 4.78 is 42.2. The highest BCUT2D eigenvalue weighted by atomic mass is 19.3. The summed E-state index contributed by atoms with van der Waals surface area (Å²) in [6.45, 7) is 0.648. The molecule has 1 saturated carbocycles. The lowest BCUT2D eigenvalue weighted by molar-refractivity contribution is 0.0690. The lowest BCUT2D eigenvalue weighted by Crippen LogP contribution is -2.27. The Morgan fingerprint density at radius 1 is 1.33 bits per heavy atom. The van der Waals surface area contributed by atoms with Crippen molar-refractivity contribution in [3.8, 4) is 0 Å². The molecular formula is C16H14F3N3O2. The first-order valence-electron chi connectivity index (χ1n) is 7.52. The normalized spacial score (nSPS) is 24.0. The molecule has 1 N–H and O–H groups in total. The summed E-state index contributed by atoms with van der Waals surface area (Å²) in [5.74, 6) is -5.38. The Labute approximate surface area is 135 Å². The van der Waals surface area contributed by atoms with E-state index in [0.29, 0.717) is 11.3 Å². The number of carboxylic acids is 1. The van der Waals surface area contributed by atoms with Crippen LogP contribution in [0.25, 0.3) is 0 Å². The molecular weight excluding hydrogens is 323 g/mol. The number of aromatic carboxylic acids is 1. The molecule has 2 aromatic rings. The van der Waals surface area contributed by atoms with Crippen molar-refractivity contribution in [1.29, 1.82) is 0 Å². The van der Waals surface area contributed by atoms with E-state index >= 15 is 0 Å². The van der Waals surface area contributed by atoms with Crippen molar-refractivity contribution in [2.24, 2.45) is 11.8 Å². The number of carboxylic acid groups (broad SMARTS) is 1. The molecule has 0 radical (unpaired) electrons. The van der Waals surface area contributed by atoms with Gasteiger partial charge in [-0.3, -0.25) is 0 Å². The van der Waals surface area contributed by atoms with Crippen molar-refractivity contribution < 1.29 is 23.1 Å². The number of aromatic nitrogens is 2. The average Bonchev–Trinajstić information content (AvgIpc) is 3.00. The number of anilines is 1. The van der Waals surface area contributed by atoms with Gasteiger partial charge in [0.2, 0.25) is 0 Å². The second-order valence-corrected chi connectivity index (χ2v) is 6.30. The fourth-order valence-electron chi connectivity index (χ4n) is 3.33. The van der Waals surface area contributed by atoms with Gasteiger partial charge in [0, 0.05) is 30.5 Å². The largest absolute Gasteiger partial charge is 0.476 e. The monoisotopic (exact) mass is 337 g/mol. The van der Waals surface area contributed by atoms with Crippen LogP contribution in [0, 0.1) is 17.7 Å². The molecule has 1 aromatic carbocycles. The average molecular weight is 337 g/mol. The van der Waals surface area contributed by atoms with Gasteiger partial charge in [0.05, 0.1) is 24.7 Å². The highest BCUT2D eigenvalue weighted by Crippen LogP contribution is 2.59. The zero-order valence-corrected chi connectivity index (χ0v) is 12.5. The lowest BCUT2D eigenvalue weighted by atomic mass is 10.1. The van der Waals surface area contributed by atoms with Crippen LogP contribution >= 0.6 is 0 Å². The first-order valence-corrected chi connectivity index (χ1v) is 7.52. The Bertz CT molecular complexity index is 807. The molecule has 0 bridgehead atoms. The molecule has 2 fully saturated rings. The number of hydrogen-bond donors (Lipinski definition) is 1. The topological polar surface area (TPSA) is 58.4 Å². The van der Waals surface area contributed by atoms with Gasteiger partial charge >= 0.3 is 5.97 Å². The molecule has 1 aromatic heterocycles. The van der Waals surface area contributed by atoms with Gasteiger partial charge < -0.3 is 14.6 Å². The zero-order valence-electron chi connectivity index (χ0n) is 12.5. The zero-order chi connectivity index (χ0) is 17.1. The summed E-state index contributed by atoms with van der Waals surface area (Å²) in [6.07, 6.45) is 2.65. The highest BCUT2D eigenvalue weighted by Gasteiger charge is 2.71. The second kappa shape index (κ2) is 4.99.